The number of amidine groups is 1. The second-order valence-electron chi connectivity index (χ2n) is 8.08. The molecule has 0 saturated carbocycles. The summed E-state index contributed by atoms with van der Waals surface area (Å²) < 4.78 is 3.77. The Labute approximate surface area is 172 Å². The van der Waals surface area contributed by atoms with Gasteiger partial charge in [-0.25, -0.2) is 4.90 Å². The number of anilines is 2. The zero-order valence-corrected chi connectivity index (χ0v) is 18.4. The zero-order valence-electron chi connectivity index (χ0n) is 16.8. The number of hydrogen-bond donors (Lipinski definition) is 0. The standard InChI is InChI=1S/C23H31BrN3/c1-4-18-14-22-23(26-12-8-6-5-7-9-13-26)25(3)20-11-10-19(24)15-21(20)27(22)16-17(18)2/h10-11,14-16,18H,4-9,12-13H2,1-3H3/q+1. The summed E-state index contributed by atoms with van der Waals surface area (Å²) in [7, 11) is 2.24. The molecule has 1 saturated heterocycles. The molecular formula is C23H31BrN3+. The summed E-state index contributed by atoms with van der Waals surface area (Å²) in [6.07, 6.45) is 12.7. The molecule has 0 amide bonds. The van der Waals surface area contributed by atoms with Crippen molar-refractivity contribution in [3.05, 3.63) is 46.2 Å². The Bertz CT molecular complexity index is 811. The van der Waals surface area contributed by atoms with Crippen molar-refractivity contribution in [2.75, 3.05) is 29.9 Å². The van der Waals surface area contributed by atoms with Crippen molar-refractivity contribution >= 4 is 33.1 Å². The van der Waals surface area contributed by atoms with Gasteiger partial charge in [0.2, 0.25) is 0 Å². The Balaban J connectivity index is 1.89. The average Bonchev–Trinajstić information content (AvgIpc) is 2.63. The summed E-state index contributed by atoms with van der Waals surface area (Å²) in [5, 5.41) is 0. The topological polar surface area (TPSA) is 9.49 Å². The van der Waals surface area contributed by atoms with Crippen molar-refractivity contribution in [1.29, 1.82) is 0 Å². The molecule has 27 heavy (non-hydrogen) atoms. The Morgan fingerprint density at radius 3 is 2.48 bits per heavy atom. The number of fused-ring (bicyclic) bond motifs is 3. The van der Waals surface area contributed by atoms with E-state index in [4.69, 9.17) is 0 Å². The van der Waals surface area contributed by atoms with Crippen LogP contribution in [0.15, 0.2) is 46.2 Å². The van der Waals surface area contributed by atoms with Crippen LogP contribution in [0.2, 0.25) is 0 Å². The van der Waals surface area contributed by atoms with Crippen molar-refractivity contribution in [2.24, 2.45) is 5.92 Å². The van der Waals surface area contributed by atoms with E-state index in [0.29, 0.717) is 5.92 Å². The predicted octanol–water partition coefficient (Wildman–Crippen LogP) is 5.91. The highest BCUT2D eigenvalue weighted by atomic mass is 79.9. The smallest absolute Gasteiger partial charge is 0.301 e. The molecule has 0 N–H and O–H groups in total. The third kappa shape index (κ3) is 3.49. The quantitative estimate of drug-likeness (QED) is 0.514. The normalized spacial score (nSPS) is 23.2. The molecule has 4 rings (SSSR count). The van der Waals surface area contributed by atoms with Gasteiger partial charge >= 0.3 is 5.84 Å². The molecule has 1 fully saturated rings. The molecule has 1 aromatic carbocycles. The van der Waals surface area contributed by atoms with Gasteiger partial charge < -0.3 is 4.90 Å². The highest BCUT2D eigenvalue weighted by Crippen LogP contribution is 2.42. The Morgan fingerprint density at radius 1 is 1.07 bits per heavy atom. The fraction of sp³-hybridized carbons (Fsp3) is 0.522. The van der Waals surface area contributed by atoms with Crippen LogP contribution >= 0.6 is 15.9 Å². The summed E-state index contributed by atoms with van der Waals surface area (Å²) in [6, 6.07) is 6.65. The molecule has 144 valence electrons. The van der Waals surface area contributed by atoms with Gasteiger partial charge in [-0.1, -0.05) is 29.3 Å². The van der Waals surface area contributed by atoms with E-state index >= 15 is 0 Å². The highest BCUT2D eigenvalue weighted by molar-refractivity contribution is 9.10. The van der Waals surface area contributed by atoms with Gasteiger partial charge in [-0.15, -0.1) is 0 Å². The minimum atomic E-state index is 0.531. The van der Waals surface area contributed by atoms with Crippen molar-refractivity contribution in [3.63, 3.8) is 0 Å². The molecule has 0 spiro atoms. The first-order valence-corrected chi connectivity index (χ1v) is 11.2. The monoisotopic (exact) mass is 428 g/mol. The molecule has 4 heteroatoms. The van der Waals surface area contributed by atoms with Crippen LogP contribution in [0.1, 0.15) is 52.4 Å². The van der Waals surface area contributed by atoms with Gasteiger partial charge in [0.25, 0.3) is 0 Å². The van der Waals surface area contributed by atoms with Crippen molar-refractivity contribution < 1.29 is 4.58 Å². The summed E-state index contributed by atoms with van der Waals surface area (Å²) in [5.41, 5.74) is 5.36. The fourth-order valence-electron chi connectivity index (χ4n) is 4.69. The first kappa shape index (κ1) is 18.8. The van der Waals surface area contributed by atoms with E-state index in [1.54, 1.807) is 0 Å². The molecule has 0 aliphatic carbocycles. The van der Waals surface area contributed by atoms with Crippen LogP contribution < -0.4 is 9.80 Å². The first-order chi connectivity index (χ1) is 13.1. The van der Waals surface area contributed by atoms with Gasteiger partial charge in [0.1, 0.15) is 5.70 Å². The van der Waals surface area contributed by atoms with Crippen molar-refractivity contribution in [2.45, 2.75) is 52.4 Å². The van der Waals surface area contributed by atoms with E-state index in [1.165, 1.54) is 60.6 Å². The molecule has 1 unspecified atom stereocenters. The van der Waals surface area contributed by atoms with Crippen LogP contribution in [0.25, 0.3) is 0 Å². The summed E-state index contributed by atoms with van der Waals surface area (Å²) in [4.78, 5) is 4.85. The summed E-state index contributed by atoms with van der Waals surface area (Å²) in [6.45, 7) is 6.89. The molecule has 1 atom stereocenters. The van der Waals surface area contributed by atoms with Gasteiger partial charge in [0, 0.05) is 16.6 Å². The maximum Gasteiger partial charge on any atom is 0.301 e. The minimum Gasteiger partial charge on any atom is -0.307 e. The largest absolute Gasteiger partial charge is 0.307 e. The number of allylic oxidation sites excluding steroid dienone is 2. The van der Waals surface area contributed by atoms with Gasteiger partial charge in [0.05, 0.1) is 25.8 Å². The second-order valence-corrected chi connectivity index (χ2v) is 9.00. The lowest BCUT2D eigenvalue weighted by atomic mass is 9.92. The molecule has 0 radical (unpaired) electrons. The minimum absolute atomic E-state index is 0.531. The van der Waals surface area contributed by atoms with Gasteiger partial charge in [0.15, 0.2) is 5.69 Å². The first-order valence-electron chi connectivity index (χ1n) is 10.4. The number of hydrogen-bond acceptors (Lipinski definition) is 1. The average molecular weight is 429 g/mol. The van der Waals surface area contributed by atoms with Crippen LogP contribution in [-0.4, -0.2) is 30.5 Å². The fourth-order valence-corrected chi connectivity index (χ4v) is 5.03. The van der Waals surface area contributed by atoms with E-state index < -0.39 is 0 Å². The van der Waals surface area contributed by atoms with Crippen LogP contribution in [-0.2, 0) is 0 Å². The van der Waals surface area contributed by atoms with Gasteiger partial charge in [-0.3, -0.25) is 4.58 Å². The maximum absolute atomic E-state index is 3.68. The van der Waals surface area contributed by atoms with E-state index in [9.17, 15) is 0 Å². The predicted molar refractivity (Wildman–Crippen MR) is 119 cm³/mol. The lowest BCUT2D eigenvalue weighted by molar-refractivity contribution is -0.530. The van der Waals surface area contributed by atoms with Crippen LogP contribution in [0, 0.1) is 5.92 Å². The number of nitrogens with zero attached hydrogens (tertiary/aromatic N) is 3. The van der Waals surface area contributed by atoms with Crippen LogP contribution in [0.4, 0.5) is 11.4 Å². The lowest BCUT2D eigenvalue weighted by Crippen LogP contribution is -2.47. The van der Waals surface area contributed by atoms with Crippen molar-refractivity contribution in [1.82, 2.24) is 0 Å². The molecule has 3 aliphatic heterocycles. The number of benzene rings is 1. The van der Waals surface area contributed by atoms with Gasteiger partial charge in [-0.05, 0) is 68.9 Å². The third-order valence-electron chi connectivity index (χ3n) is 6.24. The molecule has 1 aromatic rings. The van der Waals surface area contributed by atoms with Gasteiger partial charge in [-0.2, -0.15) is 0 Å². The summed E-state index contributed by atoms with van der Waals surface area (Å²) >= 11 is 3.68. The third-order valence-corrected chi connectivity index (χ3v) is 6.73. The number of likely N-dealkylation sites (N-methyl/N-ethyl adjacent to an activating group) is 1. The molecular weight excluding hydrogens is 398 g/mol. The van der Waals surface area contributed by atoms with Crippen molar-refractivity contribution in [3.8, 4) is 0 Å². The van der Waals surface area contributed by atoms with E-state index in [1.807, 2.05) is 0 Å². The number of halogens is 1. The van der Waals surface area contributed by atoms with Crippen LogP contribution in [0.3, 0.4) is 0 Å². The van der Waals surface area contributed by atoms with Crippen LogP contribution in [0.5, 0.6) is 0 Å². The highest BCUT2D eigenvalue weighted by Gasteiger charge is 2.39. The molecule has 0 aromatic heterocycles. The molecule has 3 aliphatic rings. The zero-order chi connectivity index (χ0) is 19.0. The van der Waals surface area contributed by atoms with E-state index in [0.717, 1.165) is 24.0 Å². The summed E-state index contributed by atoms with van der Waals surface area (Å²) in [5.74, 6) is 1.91. The Kier molecular flexibility index (Phi) is 5.45. The molecule has 3 nitrogen and oxygen atoms in total. The second kappa shape index (κ2) is 7.83. The SMILES string of the molecule is CCC1C=C2C(=[N+]3CCCCCCC3)N(C)c3ccc(Br)cc3N2C=C1C. The van der Waals surface area contributed by atoms with E-state index in [-0.39, 0.29) is 0 Å². The lowest BCUT2D eigenvalue weighted by Gasteiger charge is -2.38. The maximum atomic E-state index is 3.68. The Morgan fingerprint density at radius 2 is 1.78 bits per heavy atom. The number of rotatable bonds is 1. The Hall–Kier alpha value is -1.55. The van der Waals surface area contributed by atoms with E-state index in [2.05, 4.69) is 81.7 Å². The molecule has 3 heterocycles. The molecule has 0 bridgehead atoms.